The predicted octanol–water partition coefficient (Wildman–Crippen LogP) is 4.00. The van der Waals surface area contributed by atoms with Gasteiger partial charge in [-0.15, -0.1) is 0 Å². The molecule has 0 unspecified atom stereocenters. The Hall–Kier alpha value is -4.27. The number of aliphatic hydroxyl groups is 1. The van der Waals surface area contributed by atoms with Gasteiger partial charge in [0.25, 0.3) is 5.56 Å². The minimum atomic E-state index is -1.28. The summed E-state index contributed by atoms with van der Waals surface area (Å²) in [5.41, 5.74) is -0.855. The minimum Gasteiger partial charge on any atom is -0.470 e. The summed E-state index contributed by atoms with van der Waals surface area (Å²) in [5, 5.41) is 19.5. The maximum Gasteiger partial charge on any atom is 0.280 e. The summed E-state index contributed by atoms with van der Waals surface area (Å²) in [6, 6.07) is 9.06. The number of nitrogens with zero attached hydrogens (tertiary/aromatic N) is 6. The zero-order valence-electron chi connectivity index (χ0n) is 19.8. The van der Waals surface area contributed by atoms with Crippen LogP contribution in [0, 0.1) is 29.9 Å². The van der Waals surface area contributed by atoms with Gasteiger partial charge in [-0.05, 0) is 39.0 Å². The van der Waals surface area contributed by atoms with Crippen LogP contribution in [0.25, 0.3) is 16.9 Å². The standard InChI is InChI=1S/C25H19ClF2N6O3/c1-13-32-22(37-12-19-17(28)9-16(27)11-31-19)21(26)23(35)34(13)20-8-14(4-5-15(20)10-29)18-6-7-30-24(33-18)25(2,3)36/h4-9,11,36H,12H2,1-3H3. The van der Waals surface area contributed by atoms with Crippen LogP contribution in [0.4, 0.5) is 8.78 Å². The SMILES string of the molecule is Cc1nc(OCc2ncc(F)cc2F)c(Cl)c(=O)n1-c1cc(-c2ccnc(C(C)(C)O)n2)ccc1C#N. The molecule has 0 aliphatic carbocycles. The van der Waals surface area contributed by atoms with Gasteiger partial charge in [-0.3, -0.25) is 14.3 Å². The highest BCUT2D eigenvalue weighted by Gasteiger charge is 2.22. The van der Waals surface area contributed by atoms with E-state index < -0.39 is 34.4 Å². The van der Waals surface area contributed by atoms with E-state index in [2.05, 4.69) is 19.9 Å². The van der Waals surface area contributed by atoms with Crippen LogP contribution in [0.5, 0.6) is 5.88 Å². The van der Waals surface area contributed by atoms with E-state index in [1.165, 1.54) is 19.2 Å². The molecule has 1 N–H and O–H groups in total. The molecule has 4 rings (SSSR count). The zero-order chi connectivity index (χ0) is 26.9. The maximum absolute atomic E-state index is 13.9. The van der Waals surface area contributed by atoms with Crippen molar-refractivity contribution < 1.29 is 18.6 Å². The molecule has 0 aliphatic heterocycles. The highest BCUT2D eigenvalue weighted by molar-refractivity contribution is 6.31. The second kappa shape index (κ2) is 10.0. The molecular formula is C25H19ClF2N6O3. The molecule has 3 aromatic heterocycles. The van der Waals surface area contributed by atoms with Gasteiger partial charge >= 0.3 is 0 Å². The molecule has 188 valence electrons. The summed E-state index contributed by atoms with van der Waals surface area (Å²) < 4.78 is 33.5. The van der Waals surface area contributed by atoms with Crippen LogP contribution in [0.1, 0.15) is 36.8 Å². The Kier molecular flexibility index (Phi) is 6.98. The molecule has 3 heterocycles. The molecule has 9 nitrogen and oxygen atoms in total. The van der Waals surface area contributed by atoms with E-state index in [1.54, 1.807) is 32.0 Å². The van der Waals surface area contributed by atoms with E-state index in [1.807, 2.05) is 6.07 Å². The Morgan fingerprint density at radius 1 is 1.19 bits per heavy atom. The first-order valence-electron chi connectivity index (χ1n) is 10.8. The van der Waals surface area contributed by atoms with Gasteiger partial charge in [0.05, 0.1) is 23.1 Å². The van der Waals surface area contributed by atoms with Crippen LogP contribution >= 0.6 is 11.6 Å². The minimum absolute atomic E-state index is 0.130. The van der Waals surface area contributed by atoms with E-state index in [4.69, 9.17) is 16.3 Å². The monoisotopic (exact) mass is 524 g/mol. The molecule has 12 heteroatoms. The predicted molar refractivity (Wildman–Crippen MR) is 129 cm³/mol. The first kappa shape index (κ1) is 25.8. The Morgan fingerprint density at radius 2 is 1.95 bits per heavy atom. The molecule has 0 saturated carbocycles. The van der Waals surface area contributed by atoms with E-state index in [0.29, 0.717) is 17.3 Å². The molecule has 0 fully saturated rings. The van der Waals surface area contributed by atoms with Crippen LogP contribution < -0.4 is 10.3 Å². The van der Waals surface area contributed by atoms with Gasteiger partial charge in [0.15, 0.2) is 16.7 Å². The van der Waals surface area contributed by atoms with Crippen molar-refractivity contribution in [2.45, 2.75) is 33.0 Å². The first-order valence-corrected chi connectivity index (χ1v) is 11.2. The lowest BCUT2D eigenvalue weighted by atomic mass is 10.1. The van der Waals surface area contributed by atoms with Crippen LogP contribution in [0.2, 0.25) is 5.02 Å². The highest BCUT2D eigenvalue weighted by atomic mass is 35.5. The number of rotatable bonds is 6. The van der Waals surface area contributed by atoms with Crippen molar-refractivity contribution in [2.75, 3.05) is 0 Å². The van der Waals surface area contributed by atoms with Crippen LogP contribution in [0.3, 0.4) is 0 Å². The third-order valence-corrected chi connectivity index (χ3v) is 5.58. The molecule has 0 spiro atoms. The summed E-state index contributed by atoms with van der Waals surface area (Å²) in [7, 11) is 0. The van der Waals surface area contributed by atoms with Crippen molar-refractivity contribution in [1.82, 2.24) is 24.5 Å². The molecule has 0 radical (unpaired) electrons. The molecule has 0 atom stereocenters. The Bertz CT molecular complexity index is 1610. The molecule has 1 aromatic carbocycles. The van der Waals surface area contributed by atoms with E-state index in [-0.39, 0.29) is 34.5 Å². The fourth-order valence-electron chi connectivity index (χ4n) is 3.43. The van der Waals surface area contributed by atoms with Crippen molar-refractivity contribution in [1.29, 1.82) is 5.26 Å². The summed E-state index contributed by atoms with van der Waals surface area (Å²) in [5.74, 6) is -1.71. The van der Waals surface area contributed by atoms with E-state index >= 15 is 0 Å². The number of hydrogen-bond acceptors (Lipinski definition) is 8. The molecule has 4 aromatic rings. The van der Waals surface area contributed by atoms with Gasteiger partial charge in [0.1, 0.15) is 35.6 Å². The molecule has 37 heavy (non-hydrogen) atoms. The summed E-state index contributed by atoms with van der Waals surface area (Å²) in [6.45, 7) is 4.16. The topological polar surface area (TPSA) is 127 Å². The van der Waals surface area contributed by atoms with E-state index in [0.717, 1.165) is 10.8 Å². The molecule has 0 bridgehead atoms. The average Bonchev–Trinajstić information content (AvgIpc) is 2.86. The molecule has 0 aliphatic rings. The second-order valence-corrected chi connectivity index (χ2v) is 8.84. The fourth-order valence-corrected chi connectivity index (χ4v) is 3.61. The van der Waals surface area contributed by atoms with Crippen molar-refractivity contribution in [2.24, 2.45) is 0 Å². The second-order valence-electron chi connectivity index (χ2n) is 8.46. The maximum atomic E-state index is 13.9. The van der Waals surface area contributed by atoms with Crippen LogP contribution in [-0.2, 0) is 12.2 Å². The Labute approximate surface area is 214 Å². The van der Waals surface area contributed by atoms with Crippen molar-refractivity contribution in [3.8, 4) is 28.9 Å². The normalized spacial score (nSPS) is 11.3. The number of benzene rings is 1. The summed E-state index contributed by atoms with van der Waals surface area (Å²) in [6.07, 6.45) is 2.33. The van der Waals surface area contributed by atoms with Gasteiger partial charge in [-0.1, -0.05) is 17.7 Å². The molecule has 0 amide bonds. The Balaban J connectivity index is 1.76. The molecule has 0 saturated heterocycles. The number of aromatic nitrogens is 5. The Morgan fingerprint density at radius 3 is 2.62 bits per heavy atom. The smallest absolute Gasteiger partial charge is 0.280 e. The largest absolute Gasteiger partial charge is 0.470 e. The van der Waals surface area contributed by atoms with Crippen LogP contribution in [-0.4, -0.2) is 29.6 Å². The number of ether oxygens (including phenoxy) is 1. The fraction of sp³-hybridized carbons (Fsp3) is 0.200. The summed E-state index contributed by atoms with van der Waals surface area (Å²) in [4.78, 5) is 29.6. The lowest BCUT2D eigenvalue weighted by Crippen LogP contribution is -2.24. The number of halogens is 3. The van der Waals surface area contributed by atoms with Crippen molar-refractivity contribution in [3.05, 3.63) is 92.6 Å². The number of nitriles is 1. The highest BCUT2D eigenvalue weighted by Crippen LogP contribution is 2.27. The van der Waals surface area contributed by atoms with Gasteiger partial charge < -0.3 is 9.84 Å². The third-order valence-electron chi connectivity index (χ3n) is 5.25. The number of hydrogen-bond donors (Lipinski definition) is 1. The van der Waals surface area contributed by atoms with Gasteiger partial charge in [0, 0.05) is 17.8 Å². The average molecular weight is 525 g/mol. The first-order chi connectivity index (χ1) is 17.5. The van der Waals surface area contributed by atoms with Crippen LogP contribution in [0.15, 0.2) is 47.5 Å². The third kappa shape index (κ3) is 5.30. The van der Waals surface area contributed by atoms with E-state index in [9.17, 15) is 23.9 Å². The number of aryl methyl sites for hydroxylation is 1. The van der Waals surface area contributed by atoms with Gasteiger partial charge in [0.2, 0.25) is 5.88 Å². The van der Waals surface area contributed by atoms with Crippen molar-refractivity contribution in [3.63, 3.8) is 0 Å². The quantitative estimate of drug-likeness (QED) is 0.401. The zero-order valence-corrected chi connectivity index (χ0v) is 20.6. The lowest BCUT2D eigenvalue weighted by molar-refractivity contribution is 0.0688. The number of pyridine rings is 1. The van der Waals surface area contributed by atoms with Crippen molar-refractivity contribution >= 4 is 11.6 Å². The van der Waals surface area contributed by atoms with Gasteiger partial charge in [-0.2, -0.15) is 10.2 Å². The molecular weight excluding hydrogens is 506 g/mol. The van der Waals surface area contributed by atoms with Gasteiger partial charge in [-0.25, -0.2) is 18.7 Å². The lowest BCUT2D eigenvalue weighted by Gasteiger charge is -2.17. The summed E-state index contributed by atoms with van der Waals surface area (Å²) >= 11 is 6.25.